The van der Waals surface area contributed by atoms with E-state index in [1.165, 1.54) is 42.3 Å². The van der Waals surface area contributed by atoms with Crippen LogP contribution in [-0.2, 0) is 12.8 Å². The highest BCUT2D eigenvalue weighted by molar-refractivity contribution is 7.99. The number of rotatable bonds is 3. The fourth-order valence-electron chi connectivity index (χ4n) is 2.67. The number of fused-ring (bicyclic) bond motifs is 1. The molecular formula is C17H15FOS. The van der Waals surface area contributed by atoms with Crippen LogP contribution in [0.4, 0.5) is 4.39 Å². The number of Topliss-reactive ketones (excluding diaryl/α,β-unsaturated/α-hetero) is 1. The largest absolute Gasteiger partial charge is 0.294 e. The van der Waals surface area contributed by atoms with E-state index in [0.717, 1.165) is 17.7 Å². The Bertz CT molecular complexity index is 679. The second-order valence-electron chi connectivity index (χ2n) is 5.06. The maximum absolute atomic E-state index is 13.8. The van der Waals surface area contributed by atoms with Gasteiger partial charge in [-0.25, -0.2) is 4.39 Å². The third-order valence-corrected chi connectivity index (χ3v) is 4.67. The first-order chi connectivity index (χ1) is 9.65. The van der Waals surface area contributed by atoms with Gasteiger partial charge in [0.2, 0.25) is 0 Å². The molecular weight excluding hydrogens is 271 g/mol. The van der Waals surface area contributed by atoms with Crippen molar-refractivity contribution in [1.29, 1.82) is 0 Å². The molecule has 0 bridgehead atoms. The van der Waals surface area contributed by atoms with Gasteiger partial charge < -0.3 is 0 Å². The fourth-order valence-corrected chi connectivity index (χ4v) is 3.75. The molecule has 0 N–H and O–H groups in total. The van der Waals surface area contributed by atoms with Gasteiger partial charge in [0.25, 0.3) is 0 Å². The Labute approximate surface area is 122 Å². The molecule has 0 heterocycles. The Morgan fingerprint density at radius 2 is 1.95 bits per heavy atom. The minimum absolute atomic E-state index is 0.193. The summed E-state index contributed by atoms with van der Waals surface area (Å²) in [5, 5.41) is 0. The maximum atomic E-state index is 13.8. The standard InChI is InChI=1S/C17H15FOS/c1-11(19)17-15(18)6-3-7-16(17)20-14-9-8-12-4-2-5-13(12)10-14/h3,6-10H,2,4-5H2,1H3. The van der Waals surface area contributed by atoms with Crippen LogP contribution in [0.5, 0.6) is 0 Å². The molecule has 0 amide bonds. The highest BCUT2D eigenvalue weighted by atomic mass is 32.2. The van der Waals surface area contributed by atoms with E-state index in [-0.39, 0.29) is 11.3 Å². The van der Waals surface area contributed by atoms with Crippen LogP contribution in [0.1, 0.15) is 34.8 Å². The molecule has 102 valence electrons. The van der Waals surface area contributed by atoms with E-state index < -0.39 is 5.82 Å². The van der Waals surface area contributed by atoms with Gasteiger partial charge in [-0.1, -0.05) is 23.9 Å². The zero-order valence-electron chi connectivity index (χ0n) is 11.3. The lowest BCUT2D eigenvalue weighted by molar-refractivity contribution is 0.101. The first kappa shape index (κ1) is 13.4. The number of halogens is 1. The van der Waals surface area contributed by atoms with Crippen LogP contribution < -0.4 is 0 Å². The Morgan fingerprint density at radius 1 is 1.15 bits per heavy atom. The third kappa shape index (κ3) is 2.50. The monoisotopic (exact) mass is 286 g/mol. The van der Waals surface area contributed by atoms with Crippen molar-refractivity contribution in [3.63, 3.8) is 0 Å². The molecule has 1 aliphatic carbocycles. The molecule has 0 unspecified atom stereocenters. The van der Waals surface area contributed by atoms with Gasteiger partial charge in [-0.2, -0.15) is 0 Å². The van der Waals surface area contributed by atoms with Crippen LogP contribution in [0.2, 0.25) is 0 Å². The number of aryl methyl sites for hydroxylation is 2. The number of carbonyl (C=O) groups is 1. The summed E-state index contributed by atoms with van der Waals surface area (Å²) in [7, 11) is 0. The van der Waals surface area contributed by atoms with Crippen molar-refractivity contribution >= 4 is 17.5 Å². The van der Waals surface area contributed by atoms with Gasteiger partial charge in [-0.05, 0) is 61.6 Å². The Kier molecular flexibility index (Phi) is 3.62. The molecule has 0 atom stereocenters. The summed E-state index contributed by atoms with van der Waals surface area (Å²) in [6, 6.07) is 11.2. The molecule has 0 spiro atoms. The summed E-state index contributed by atoms with van der Waals surface area (Å²) in [6.45, 7) is 1.41. The molecule has 1 aliphatic rings. The zero-order valence-corrected chi connectivity index (χ0v) is 12.1. The summed E-state index contributed by atoms with van der Waals surface area (Å²) in [5.41, 5.74) is 2.99. The molecule has 2 aromatic carbocycles. The molecule has 0 fully saturated rings. The van der Waals surface area contributed by atoms with Crippen LogP contribution >= 0.6 is 11.8 Å². The number of hydrogen-bond acceptors (Lipinski definition) is 2. The van der Waals surface area contributed by atoms with Crippen LogP contribution in [-0.4, -0.2) is 5.78 Å². The van der Waals surface area contributed by atoms with Crippen molar-refractivity contribution in [2.45, 2.75) is 36.0 Å². The van der Waals surface area contributed by atoms with Crippen LogP contribution in [0, 0.1) is 5.82 Å². The number of hydrogen-bond donors (Lipinski definition) is 0. The van der Waals surface area contributed by atoms with Gasteiger partial charge in [-0.3, -0.25) is 4.79 Å². The average molecular weight is 286 g/mol. The van der Waals surface area contributed by atoms with Crippen molar-refractivity contribution in [2.24, 2.45) is 0 Å². The molecule has 0 radical (unpaired) electrons. The number of ketones is 1. The first-order valence-corrected chi connectivity index (χ1v) is 7.56. The Hall–Kier alpha value is -1.61. The lowest BCUT2D eigenvalue weighted by Gasteiger charge is -2.09. The molecule has 2 aromatic rings. The zero-order chi connectivity index (χ0) is 14.1. The van der Waals surface area contributed by atoms with E-state index in [0.29, 0.717) is 4.90 Å². The normalized spacial score (nSPS) is 13.3. The molecule has 0 aliphatic heterocycles. The number of benzene rings is 2. The molecule has 3 heteroatoms. The quantitative estimate of drug-likeness (QED) is 0.763. The third-order valence-electron chi connectivity index (χ3n) is 3.63. The summed E-state index contributed by atoms with van der Waals surface area (Å²) in [6.07, 6.45) is 3.48. The lowest BCUT2D eigenvalue weighted by atomic mass is 10.1. The average Bonchev–Trinajstić information content (AvgIpc) is 2.85. The van der Waals surface area contributed by atoms with Gasteiger partial charge in [-0.15, -0.1) is 0 Å². The fraction of sp³-hybridized carbons (Fsp3) is 0.235. The SMILES string of the molecule is CC(=O)c1c(F)cccc1Sc1ccc2c(c1)CCC2. The Morgan fingerprint density at radius 3 is 2.75 bits per heavy atom. The molecule has 3 rings (SSSR count). The topological polar surface area (TPSA) is 17.1 Å². The molecule has 0 saturated heterocycles. The van der Waals surface area contributed by atoms with E-state index in [1.807, 2.05) is 0 Å². The van der Waals surface area contributed by atoms with E-state index in [9.17, 15) is 9.18 Å². The summed E-state index contributed by atoms with van der Waals surface area (Å²) >= 11 is 1.46. The summed E-state index contributed by atoms with van der Waals surface area (Å²) in [4.78, 5) is 13.4. The molecule has 1 nitrogen and oxygen atoms in total. The molecule has 20 heavy (non-hydrogen) atoms. The van der Waals surface area contributed by atoms with Crippen molar-refractivity contribution in [3.8, 4) is 0 Å². The van der Waals surface area contributed by atoms with Crippen molar-refractivity contribution in [2.75, 3.05) is 0 Å². The van der Waals surface area contributed by atoms with Crippen molar-refractivity contribution in [1.82, 2.24) is 0 Å². The van der Waals surface area contributed by atoms with Gasteiger partial charge in [0.15, 0.2) is 5.78 Å². The maximum Gasteiger partial charge on any atom is 0.163 e. The summed E-state index contributed by atoms with van der Waals surface area (Å²) in [5.74, 6) is -0.671. The molecule has 0 saturated carbocycles. The summed E-state index contributed by atoms with van der Waals surface area (Å²) < 4.78 is 13.8. The predicted octanol–water partition coefficient (Wildman–Crippen LogP) is 4.67. The first-order valence-electron chi connectivity index (χ1n) is 6.74. The van der Waals surface area contributed by atoms with Gasteiger partial charge in [0.1, 0.15) is 5.82 Å². The molecule has 0 aromatic heterocycles. The second-order valence-corrected chi connectivity index (χ2v) is 6.17. The van der Waals surface area contributed by atoms with E-state index in [4.69, 9.17) is 0 Å². The lowest BCUT2D eigenvalue weighted by Crippen LogP contribution is -1.99. The minimum Gasteiger partial charge on any atom is -0.294 e. The highest BCUT2D eigenvalue weighted by Gasteiger charge is 2.15. The van der Waals surface area contributed by atoms with Gasteiger partial charge >= 0.3 is 0 Å². The van der Waals surface area contributed by atoms with Gasteiger partial charge in [0, 0.05) is 9.79 Å². The van der Waals surface area contributed by atoms with Gasteiger partial charge in [0.05, 0.1) is 5.56 Å². The van der Waals surface area contributed by atoms with E-state index in [2.05, 4.69) is 18.2 Å². The van der Waals surface area contributed by atoms with E-state index in [1.54, 1.807) is 12.1 Å². The Balaban J connectivity index is 1.95. The smallest absolute Gasteiger partial charge is 0.163 e. The van der Waals surface area contributed by atoms with E-state index >= 15 is 0 Å². The second kappa shape index (κ2) is 5.41. The van der Waals surface area contributed by atoms with Crippen LogP contribution in [0.3, 0.4) is 0 Å². The number of carbonyl (C=O) groups excluding carboxylic acids is 1. The van der Waals surface area contributed by atoms with Crippen molar-refractivity contribution in [3.05, 3.63) is 58.9 Å². The van der Waals surface area contributed by atoms with Crippen LogP contribution in [0.15, 0.2) is 46.2 Å². The highest BCUT2D eigenvalue weighted by Crippen LogP contribution is 2.34. The van der Waals surface area contributed by atoms with Crippen LogP contribution in [0.25, 0.3) is 0 Å². The minimum atomic E-state index is -0.441. The predicted molar refractivity (Wildman–Crippen MR) is 79.0 cm³/mol. The van der Waals surface area contributed by atoms with Crippen molar-refractivity contribution < 1.29 is 9.18 Å².